The number of pyridine rings is 1. The molecule has 0 aliphatic carbocycles. The third-order valence-corrected chi connectivity index (χ3v) is 3.41. The van der Waals surface area contributed by atoms with Crippen LogP contribution in [0.4, 0.5) is 4.39 Å². The van der Waals surface area contributed by atoms with E-state index < -0.39 is 0 Å². The first-order valence-electron chi connectivity index (χ1n) is 6.50. The number of aryl methyl sites for hydroxylation is 2. The molecule has 1 N–H and O–H groups in total. The molecule has 0 amide bonds. The zero-order chi connectivity index (χ0) is 14.7. The van der Waals surface area contributed by atoms with Gasteiger partial charge in [0.1, 0.15) is 11.6 Å². The fraction of sp³-hybridized carbons (Fsp3) is 0.312. The Labute approximate surface area is 118 Å². The molecule has 1 atom stereocenters. The van der Waals surface area contributed by atoms with E-state index in [1.807, 2.05) is 33.0 Å². The summed E-state index contributed by atoms with van der Waals surface area (Å²) in [7, 11) is 3.40. The molecule has 4 heteroatoms. The van der Waals surface area contributed by atoms with Gasteiger partial charge in [0, 0.05) is 17.3 Å². The Hall–Kier alpha value is -1.94. The number of nitrogens with one attached hydrogen (secondary N) is 1. The number of benzene rings is 1. The number of rotatable bonds is 4. The quantitative estimate of drug-likeness (QED) is 0.930. The van der Waals surface area contributed by atoms with Gasteiger partial charge >= 0.3 is 0 Å². The van der Waals surface area contributed by atoms with Gasteiger partial charge in [-0.3, -0.25) is 4.98 Å². The van der Waals surface area contributed by atoms with Crippen LogP contribution in [0.1, 0.15) is 28.3 Å². The first-order valence-corrected chi connectivity index (χ1v) is 6.50. The first kappa shape index (κ1) is 14.5. The average Bonchev–Trinajstić information content (AvgIpc) is 2.42. The molecule has 0 fully saturated rings. The molecule has 20 heavy (non-hydrogen) atoms. The second-order valence-corrected chi connectivity index (χ2v) is 4.82. The highest BCUT2D eigenvalue weighted by molar-refractivity contribution is 5.44. The summed E-state index contributed by atoms with van der Waals surface area (Å²) in [4.78, 5) is 4.04. The van der Waals surface area contributed by atoms with Crippen LogP contribution < -0.4 is 10.1 Å². The second-order valence-electron chi connectivity index (χ2n) is 4.82. The standard InChI is InChI=1S/C16H19FN2O/c1-10-7-11(2)15(13(17)8-10)16(18-3)12-5-6-19-9-14(12)20-4/h5-9,16,18H,1-4H3. The maximum atomic E-state index is 14.4. The lowest BCUT2D eigenvalue weighted by Crippen LogP contribution is -2.21. The van der Waals surface area contributed by atoms with Crippen molar-refractivity contribution in [3.63, 3.8) is 0 Å². The predicted molar refractivity (Wildman–Crippen MR) is 77.6 cm³/mol. The Kier molecular flexibility index (Phi) is 4.35. The van der Waals surface area contributed by atoms with Crippen LogP contribution in [0.3, 0.4) is 0 Å². The fourth-order valence-electron chi connectivity index (χ4n) is 2.55. The molecular weight excluding hydrogens is 255 g/mol. The molecule has 3 nitrogen and oxygen atoms in total. The summed E-state index contributed by atoms with van der Waals surface area (Å²) in [6, 6.07) is 5.11. The average molecular weight is 274 g/mol. The topological polar surface area (TPSA) is 34.2 Å². The number of methoxy groups -OCH3 is 1. The second kappa shape index (κ2) is 6.01. The summed E-state index contributed by atoms with van der Waals surface area (Å²) >= 11 is 0. The SMILES string of the molecule is CNC(c1ccncc1OC)c1c(C)cc(C)cc1F. The monoisotopic (exact) mass is 274 g/mol. The third-order valence-electron chi connectivity index (χ3n) is 3.41. The zero-order valence-corrected chi connectivity index (χ0v) is 12.2. The van der Waals surface area contributed by atoms with E-state index in [4.69, 9.17) is 4.74 Å². The maximum Gasteiger partial charge on any atom is 0.142 e. The van der Waals surface area contributed by atoms with E-state index in [2.05, 4.69) is 10.3 Å². The van der Waals surface area contributed by atoms with Crippen molar-refractivity contribution in [1.82, 2.24) is 10.3 Å². The van der Waals surface area contributed by atoms with Crippen molar-refractivity contribution in [2.24, 2.45) is 0 Å². The summed E-state index contributed by atoms with van der Waals surface area (Å²) in [5.74, 6) is 0.437. The minimum atomic E-state index is -0.270. The molecule has 1 aromatic carbocycles. The number of halogens is 1. The molecule has 0 saturated heterocycles. The molecule has 0 aliphatic rings. The highest BCUT2D eigenvalue weighted by Gasteiger charge is 2.22. The van der Waals surface area contributed by atoms with Gasteiger partial charge in [0.05, 0.1) is 19.3 Å². The van der Waals surface area contributed by atoms with Crippen LogP contribution in [0.5, 0.6) is 5.75 Å². The summed E-state index contributed by atoms with van der Waals surface area (Å²) in [6.45, 7) is 3.81. The summed E-state index contributed by atoms with van der Waals surface area (Å²) in [5, 5.41) is 3.16. The van der Waals surface area contributed by atoms with Gasteiger partial charge in [0.15, 0.2) is 0 Å². The lowest BCUT2D eigenvalue weighted by atomic mass is 9.93. The normalized spacial score (nSPS) is 12.2. The molecule has 0 aliphatic heterocycles. The Balaban J connectivity index is 2.59. The molecule has 0 radical (unpaired) electrons. The van der Waals surface area contributed by atoms with E-state index in [0.717, 1.165) is 16.7 Å². The van der Waals surface area contributed by atoms with Crippen LogP contribution in [-0.4, -0.2) is 19.1 Å². The predicted octanol–water partition coefficient (Wildman–Crippen LogP) is 3.15. The number of aromatic nitrogens is 1. The Bertz CT molecular complexity index is 590. The van der Waals surface area contributed by atoms with Gasteiger partial charge in [0.2, 0.25) is 0 Å². The van der Waals surface area contributed by atoms with Crippen molar-refractivity contribution in [2.45, 2.75) is 19.9 Å². The molecule has 2 rings (SSSR count). The molecule has 0 saturated carbocycles. The van der Waals surface area contributed by atoms with E-state index in [1.165, 1.54) is 0 Å². The van der Waals surface area contributed by atoms with E-state index in [0.29, 0.717) is 11.3 Å². The van der Waals surface area contributed by atoms with E-state index in [1.54, 1.807) is 25.6 Å². The van der Waals surface area contributed by atoms with Crippen LogP contribution >= 0.6 is 0 Å². The smallest absolute Gasteiger partial charge is 0.142 e. The zero-order valence-electron chi connectivity index (χ0n) is 12.2. The van der Waals surface area contributed by atoms with Crippen LogP contribution in [0.15, 0.2) is 30.6 Å². The van der Waals surface area contributed by atoms with Gasteiger partial charge < -0.3 is 10.1 Å². The Morgan fingerprint density at radius 3 is 2.65 bits per heavy atom. The summed E-state index contributed by atoms with van der Waals surface area (Å²) in [5.41, 5.74) is 3.35. The lowest BCUT2D eigenvalue weighted by Gasteiger charge is -2.22. The first-order chi connectivity index (χ1) is 9.58. The number of nitrogens with zero attached hydrogens (tertiary/aromatic N) is 1. The van der Waals surface area contributed by atoms with Crippen molar-refractivity contribution in [3.05, 3.63) is 58.7 Å². The van der Waals surface area contributed by atoms with Crippen molar-refractivity contribution in [3.8, 4) is 5.75 Å². The van der Waals surface area contributed by atoms with Crippen molar-refractivity contribution >= 4 is 0 Å². The fourth-order valence-corrected chi connectivity index (χ4v) is 2.55. The molecule has 1 aromatic heterocycles. The molecule has 2 aromatic rings. The molecule has 0 spiro atoms. The minimum Gasteiger partial charge on any atom is -0.495 e. The van der Waals surface area contributed by atoms with E-state index in [-0.39, 0.29) is 11.9 Å². The van der Waals surface area contributed by atoms with Gasteiger partial charge in [-0.25, -0.2) is 4.39 Å². The summed E-state index contributed by atoms with van der Waals surface area (Å²) in [6.07, 6.45) is 3.32. The third kappa shape index (κ3) is 2.65. The van der Waals surface area contributed by atoms with Gasteiger partial charge in [-0.05, 0) is 44.2 Å². The van der Waals surface area contributed by atoms with Crippen LogP contribution in [-0.2, 0) is 0 Å². The van der Waals surface area contributed by atoms with Gasteiger partial charge in [0.25, 0.3) is 0 Å². The van der Waals surface area contributed by atoms with Crippen molar-refractivity contribution < 1.29 is 9.13 Å². The molecule has 1 unspecified atom stereocenters. The van der Waals surface area contributed by atoms with Crippen molar-refractivity contribution in [2.75, 3.05) is 14.2 Å². The van der Waals surface area contributed by atoms with Gasteiger partial charge in [-0.15, -0.1) is 0 Å². The van der Waals surface area contributed by atoms with E-state index >= 15 is 0 Å². The van der Waals surface area contributed by atoms with Gasteiger partial charge in [-0.2, -0.15) is 0 Å². The molecule has 1 heterocycles. The van der Waals surface area contributed by atoms with Crippen LogP contribution in [0, 0.1) is 19.7 Å². The summed E-state index contributed by atoms with van der Waals surface area (Å²) < 4.78 is 19.7. The highest BCUT2D eigenvalue weighted by Crippen LogP contribution is 2.32. The van der Waals surface area contributed by atoms with Crippen LogP contribution in [0.2, 0.25) is 0 Å². The number of hydrogen-bond donors (Lipinski definition) is 1. The molecule has 0 bridgehead atoms. The Morgan fingerprint density at radius 1 is 1.30 bits per heavy atom. The molecular formula is C16H19FN2O. The maximum absolute atomic E-state index is 14.4. The lowest BCUT2D eigenvalue weighted by molar-refractivity contribution is 0.402. The van der Waals surface area contributed by atoms with E-state index in [9.17, 15) is 4.39 Å². The minimum absolute atomic E-state index is 0.208. The van der Waals surface area contributed by atoms with Crippen molar-refractivity contribution in [1.29, 1.82) is 0 Å². The number of ether oxygens (including phenoxy) is 1. The Morgan fingerprint density at radius 2 is 2.05 bits per heavy atom. The van der Waals surface area contributed by atoms with Crippen LogP contribution in [0.25, 0.3) is 0 Å². The number of hydrogen-bond acceptors (Lipinski definition) is 3. The largest absolute Gasteiger partial charge is 0.495 e. The molecule has 106 valence electrons. The highest BCUT2D eigenvalue weighted by atomic mass is 19.1. The van der Waals surface area contributed by atoms with Gasteiger partial charge in [-0.1, -0.05) is 6.07 Å².